The zero-order valence-corrected chi connectivity index (χ0v) is 20.2. The van der Waals surface area contributed by atoms with Gasteiger partial charge in [0.25, 0.3) is 0 Å². The van der Waals surface area contributed by atoms with Gasteiger partial charge in [-0.25, -0.2) is 13.4 Å². The first-order chi connectivity index (χ1) is 12.2. The molecule has 27 heavy (non-hydrogen) atoms. The van der Waals surface area contributed by atoms with Gasteiger partial charge in [0.05, 0.1) is 10.5 Å². The van der Waals surface area contributed by atoms with E-state index < -0.39 is 14.6 Å². The highest BCUT2D eigenvalue weighted by Gasteiger charge is 2.48. The summed E-state index contributed by atoms with van der Waals surface area (Å²) in [4.78, 5) is 20.1. The fourth-order valence-electron chi connectivity index (χ4n) is 3.66. The number of sulfone groups is 1. The lowest BCUT2D eigenvalue weighted by Crippen LogP contribution is -2.61. The lowest BCUT2D eigenvalue weighted by molar-refractivity contribution is -0.127. The SMILES string of the molecule is CCC(C)NC(=NCC(=O)N(C)C)N1CCS(=O)(=O)C2(CCCCC2)C1.I. The second-order valence-electron chi connectivity index (χ2n) is 7.87. The van der Waals surface area contributed by atoms with E-state index in [4.69, 9.17) is 0 Å². The van der Waals surface area contributed by atoms with E-state index in [2.05, 4.69) is 29.1 Å². The molecule has 2 fully saturated rings. The number of guanidine groups is 1. The van der Waals surface area contributed by atoms with Crippen LogP contribution in [0.1, 0.15) is 52.4 Å². The Morgan fingerprint density at radius 3 is 2.44 bits per heavy atom. The zero-order chi connectivity index (χ0) is 19.4. The Balaban J connectivity index is 0.00000364. The van der Waals surface area contributed by atoms with Crippen LogP contribution in [-0.4, -0.2) is 80.4 Å². The van der Waals surface area contributed by atoms with Crippen LogP contribution in [0.25, 0.3) is 0 Å². The molecular weight excluding hydrogens is 479 g/mol. The van der Waals surface area contributed by atoms with Crippen LogP contribution in [0.2, 0.25) is 0 Å². The zero-order valence-electron chi connectivity index (χ0n) is 17.0. The van der Waals surface area contributed by atoms with Gasteiger partial charge in [0, 0.05) is 33.2 Å². The molecule has 158 valence electrons. The van der Waals surface area contributed by atoms with Crippen molar-refractivity contribution in [3.8, 4) is 0 Å². The number of nitrogens with one attached hydrogen (secondary N) is 1. The van der Waals surface area contributed by atoms with Gasteiger partial charge in [0.2, 0.25) is 5.91 Å². The first-order valence-corrected chi connectivity index (χ1v) is 11.3. The van der Waals surface area contributed by atoms with E-state index in [1.54, 1.807) is 14.1 Å². The molecule has 7 nitrogen and oxygen atoms in total. The lowest BCUT2D eigenvalue weighted by Gasteiger charge is -2.45. The molecule has 1 amide bonds. The summed E-state index contributed by atoms with van der Waals surface area (Å²) in [6, 6.07) is 0.212. The molecule has 1 aliphatic carbocycles. The van der Waals surface area contributed by atoms with Crippen molar-refractivity contribution >= 4 is 45.7 Å². The van der Waals surface area contributed by atoms with Crippen LogP contribution in [0.15, 0.2) is 4.99 Å². The number of likely N-dealkylation sites (N-methyl/N-ethyl adjacent to an activating group) is 1. The average molecular weight is 514 g/mol. The molecule has 2 rings (SSSR count). The molecule has 1 atom stereocenters. The molecule has 1 aliphatic heterocycles. The summed E-state index contributed by atoms with van der Waals surface area (Å²) in [7, 11) is 0.334. The fourth-order valence-corrected chi connectivity index (χ4v) is 5.82. The smallest absolute Gasteiger partial charge is 0.243 e. The van der Waals surface area contributed by atoms with Crippen LogP contribution in [0.4, 0.5) is 0 Å². The van der Waals surface area contributed by atoms with Crippen LogP contribution in [0.3, 0.4) is 0 Å². The van der Waals surface area contributed by atoms with Crippen molar-refractivity contribution in [3.63, 3.8) is 0 Å². The summed E-state index contributed by atoms with van der Waals surface area (Å²) in [5, 5.41) is 3.39. The second-order valence-corrected chi connectivity index (χ2v) is 10.4. The second kappa shape index (κ2) is 10.3. The number of hydrogen-bond acceptors (Lipinski definition) is 4. The van der Waals surface area contributed by atoms with Gasteiger partial charge in [-0.15, -0.1) is 24.0 Å². The summed E-state index contributed by atoms with van der Waals surface area (Å²) in [6.45, 7) is 5.14. The van der Waals surface area contributed by atoms with Crippen LogP contribution in [0, 0.1) is 0 Å². The quantitative estimate of drug-likeness (QED) is 0.352. The summed E-state index contributed by atoms with van der Waals surface area (Å²) in [6.07, 6.45) is 5.45. The highest BCUT2D eigenvalue weighted by atomic mass is 127. The highest BCUT2D eigenvalue weighted by molar-refractivity contribution is 14.0. The van der Waals surface area contributed by atoms with Crippen molar-refractivity contribution in [2.75, 3.05) is 39.5 Å². The van der Waals surface area contributed by atoms with Gasteiger partial charge in [0.15, 0.2) is 15.8 Å². The Morgan fingerprint density at radius 1 is 1.26 bits per heavy atom. The third-order valence-electron chi connectivity index (χ3n) is 5.68. The molecule has 2 aliphatic rings. The fraction of sp³-hybridized carbons (Fsp3) is 0.889. The number of amides is 1. The summed E-state index contributed by atoms with van der Waals surface area (Å²) in [5.74, 6) is 0.760. The summed E-state index contributed by atoms with van der Waals surface area (Å²) >= 11 is 0. The Hall–Kier alpha value is -0.580. The van der Waals surface area contributed by atoms with E-state index in [9.17, 15) is 13.2 Å². The number of aliphatic imine (C=N–C) groups is 1. The Kier molecular flexibility index (Phi) is 9.30. The molecule has 1 unspecified atom stereocenters. The maximum Gasteiger partial charge on any atom is 0.243 e. The van der Waals surface area contributed by atoms with E-state index >= 15 is 0 Å². The molecule has 1 saturated carbocycles. The largest absolute Gasteiger partial charge is 0.354 e. The predicted molar refractivity (Wildman–Crippen MR) is 120 cm³/mol. The van der Waals surface area contributed by atoms with Crippen LogP contribution >= 0.6 is 24.0 Å². The molecule has 9 heteroatoms. The van der Waals surface area contributed by atoms with Gasteiger partial charge >= 0.3 is 0 Å². The minimum atomic E-state index is -3.09. The molecule has 0 aromatic carbocycles. The van der Waals surface area contributed by atoms with Crippen molar-refractivity contribution < 1.29 is 13.2 Å². The van der Waals surface area contributed by atoms with E-state index in [1.165, 1.54) is 4.90 Å². The first kappa shape index (κ1) is 24.5. The maximum absolute atomic E-state index is 12.8. The molecular formula is C18H35IN4O3S. The summed E-state index contributed by atoms with van der Waals surface area (Å²) in [5.41, 5.74) is 0. The van der Waals surface area contributed by atoms with E-state index in [1.807, 2.05) is 0 Å². The molecule has 0 aromatic heterocycles. The van der Waals surface area contributed by atoms with E-state index in [0.717, 1.165) is 38.5 Å². The monoisotopic (exact) mass is 514 g/mol. The van der Waals surface area contributed by atoms with Gasteiger partial charge in [-0.1, -0.05) is 26.2 Å². The van der Waals surface area contributed by atoms with Crippen molar-refractivity contribution in [3.05, 3.63) is 0 Å². The van der Waals surface area contributed by atoms with Gasteiger partial charge in [-0.05, 0) is 26.2 Å². The maximum atomic E-state index is 12.8. The first-order valence-electron chi connectivity index (χ1n) is 9.69. The molecule has 1 saturated heterocycles. The Labute approximate surface area is 181 Å². The topological polar surface area (TPSA) is 82.1 Å². The molecule has 1 N–H and O–H groups in total. The molecule has 0 aromatic rings. The predicted octanol–water partition coefficient (Wildman–Crippen LogP) is 1.87. The standard InChI is InChI=1S/C18H34N4O3S.HI/c1-5-15(2)20-17(19-13-16(23)21(3)4)22-11-12-26(24,25)18(14-22)9-7-6-8-10-18;/h15H,5-14H2,1-4H3,(H,19,20);1H. The van der Waals surface area contributed by atoms with Crippen molar-refractivity contribution in [1.29, 1.82) is 0 Å². The summed E-state index contributed by atoms with van der Waals surface area (Å²) < 4.78 is 25.0. The number of hydrogen-bond donors (Lipinski definition) is 1. The van der Waals surface area contributed by atoms with E-state index in [0.29, 0.717) is 19.0 Å². The number of halogens is 1. The third kappa shape index (κ3) is 5.95. The Morgan fingerprint density at radius 2 is 1.89 bits per heavy atom. The van der Waals surface area contributed by atoms with Crippen LogP contribution < -0.4 is 5.32 Å². The number of carbonyl (C=O) groups excluding carboxylic acids is 1. The minimum absolute atomic E-state index is 0. The van der Waals surface area contributed by atoms with Crippen LogP contribution in [0.5, 0.6) is 0 Å². The highest BCUT2D eigenvalue weighted by Crippen LogP contribution is 2.38. The number of rotatable bonds is 4. The molecule has 1 spiro atoms. The van der Waals surface area contributed by atoms with Crippen molar-refractivity contribution in [2.45, 2.75) is 63.2 Å². The third-order valence-corrected chi connectivity index (χ3v) is 8.26. The molecule has 0 bridgehead atoms. The van der Waals surface area contributed by atoms with Crippen LogP contribution in [-0.2, 0) is 14.6 Å². The van der Waals surface area contributed by atoms with Gasteiger partial charge in [-0.3, -0.25) is 4.79 Å². The molecule has 1 heterocycles. The number of carbonyl (C=O) groups is 1. The normalized spacial score (nSPS) is 22.7. The van der Waals surface area contributed by atoms with Gasteiger partial charge in [0.1, 0.15) is 6.54 Å². The Bertz CT molecular complexity index is 631. The van der Waals surface area contributed by atoms with Gasteiger partial charge < -0.3 is 15.1 Å². The van der Waals surface area contributed by atoms with Gasteiger partial charge in [-0.2, -0.15) is 0 Å². The van der Waals surface area contributed by atoms with E-state index in [-0.39, 0.29) is 48.2 Å². The average Bonchev–Trinajstić information content (AvgIpc) is 2.61. The lowest BCUT2D eigenvalue weighted by atomic mass is 9.87. The minimum Gasteiger partial charge on any atom is -0.354 e. The van der Waals surface area contributed by atoms with Crippen molar-refractivity contribution in [1.82, 2.24) is 15.1 Å². The number of nitrogens with zero attached hydrogens (tertiary/aromatic N) is 3. The molecule has 0 radical (unpaired) electrons. The van der Waals surface area contributed by atoms with Crippen molar-refractivity contribution in [2.24, 2.45) is 4.99 Å².